The lowest BCUT2D eigenvalue weighted by Crippen LogP contribution is -2.43. The molecule has 3 rings (SSSR count). The summed E-state index contributed by atoms with van der Waals surface area (Å²) in [5.41, 5.74) is 3.92. The van der Waals surface area contributed by atoms with E-state index in [2.05, 4.69) is 20.8 Å². The van der Waals surface area contributed by atoms with Gasteiger partial charge in [-0.25, -0.2) is 0 Å². The van der Waals surface area contributed by atoms with Crippen LogP contribution in [0.2, 0.25) is 0 Å². The fourth-order valence-corrected chi connectivity index (χ4v) is 3.54. The van der Waals surface area contributed by atoms with Crippen molar-refractivity contribution in [2.45, 2.75) is 50.2 Å². The normalized spacial score (nSPS) is 28.6. The highest BCUT2D eigenvalue weighted by Crippen LogP contribution is 2.44. The number of nitrogens with two attached hydrogens (primary N) is 1. The van der Waals surface area contributed by atoms with Crippen LogP contribution in [0.25, 0.3) is 0 Å². The second-order valence-electron chi connectivity index (χ2n) is 5.53. The molecule has 1 spiro atoms. The van der Waals surface area contributed by atoms with Crippen molar-refractivity contribution in [3.8, 4) is 0 Å². The van der Waals surface area contributed by atoms with Crippen molar-refractivity contribution in [2.24, 2.45) is 11.8 Å². The Morgan fingerprint density at radius 3 is 3.00 bits per heavy atom. The number of hydrazine groups is 1. The van der Waals surface area contributed by atoms with Crippen molar-refractivity contribution in [2.75, 3.05) is 6.61 Å². The summed E-state index contributed by atoms with van der Waals surface area (Å²) in [5.74, 6) is 6.19. The van der Waals surface area contributed by atoms with E-state index in [0.717, 1.165) is 25.1 Å². The van der Waals surface area contributed by atoms with Crippen LogP contribution in [0.15, 0.2) is 6.20 Å². The summed E-state index contributed by atoms with van der Waals surface area (Å²) >= 11 is 0. The number of hydrogen-bond donors (Lipinski definition) is 3. The number of nitrogens with zero attached hydrogens (tertiary/aromatic N) is 2. The molecule has 2 heterocycles. The smallest absolute Gasteiger partial charge is 0.101 e. The third-order valence-electron chi connectivity index (χ3n) is 4.45. The molecule has 0 radical (unpaired) electrons. The zero-order chi connectivity index (χ0) is 12.4. The highest BCUT2D eigenvalue weighted by atomic mass is 16.5. The maximum atomic E-state index is 6.06. The highest BCUT2D eigenvalue weighted by Gasteiger charge is 2.42. The van der Waals surface area contributed by atoms with Crippen molar-refractivity contribution in [1.82, 2.24) is 20.8 Å². The lowest BCUT2D eigenvalue weighted by molar-refractivity contribution is -0.0984. The highest BCUT2D eigenvalue weighted by molar-refractivity contribution is 5.04. The molecule has 6 nitrogen and oxygen atoms in total. The molecule has 6 heteroatoms. The van der Waals surface area contributed by atoms with Crippen LogP contribution < -0.4 is 11.3 Å². The summed E-state index contributed by atoms with van der Waals surface area (Å²) in [6.07, 6.45) is 8.83. The molecule has 4 N–H and O–H groups in total. The van der Waals surface area contributed by atoms with Gasteiger partial charge in [-0.1, -0.05) is 12.8 Å². The molecule has 0 bridgehead atoms. The fraction of sp³-hybridized carbons (Fsp3) is 0.833. The van der Waals surface area contributed by atoms with E-state index >= 15 is 0 Å². The molecular formula is C12H21N5O. The van der Waals surface area contributed by atoms with Gasteiger partial charge in [-0.2, -0.15) is 15.4 Å². The number of aromatic nitrogens is 3. The van der Waals surface area contributed by atoms with Crippen molar-refractivity contribution < 1.29 is 4.74 Å². The standard InChI is InChI=1S/C12H21N5O/c13-15-11(10-8-14-17-16-10)9-3-6-18-12(7-9)4-1-2-5-12/h8-9,11,15H,1-7,13H2,(H,14,16,17). The molecule has 1 aliphatic heterocycles. The third kappa shape index (κ3) is 2.15. The van der Waals surface area contributed by atoms with Gasteiger partial charge < -0.3 is 4.74 Å². The Morgan fingerprint density at radius 1 is 1.50 bits per heavy atom. The molecule has 2 fully saturated rings. The van der Waals surface area contributed by atoms with Gasteiger partial charge in [-0.3, -0.25) is 11.3 Å². The average molecular weight is 251 g/mol. The molecule has 0 amide bonds. The summed E-state index contributed by atoms with van der Waals surface area (Å²) in [7, 11) is 0. The predicted molar refractivity (Wildman–Crippen MR) is 66.3 cm³/mol. The van der Waals surface area contributed by atoms with Gasteiger partial charge in [0.1, 0.15) is 5.69 Å². The minimum absolute atomic E-state index is 0.0742. The Balaban J connectivity index is 1.74. The lowest BCUT2D eigenvalue weighted by Gasteiger charge is -2.40. The summed E-state index contributed by atoms with van der Waals surface area (Å²) < 4.78 is 6.06. The Labute approximate surface area is 107 Å². The van der Waals surface area contributed by atoms with Crippen molar-refractivity contribution in [1.29, 1.82) is 0 Å². The van der Waals surface area contributed by atoms with E-state index in [1.807, 2.05) is 0 Å². The molecule has 1 aromatic rings. The summed E-state index contributed by atoms with van der Waals surface area (Å²) in [5, 5.41) is 10.7. The Morgan fingerprint density at radius 2 is 2.33 bits per heavy atom. The van der Waals surface area contributed by atoms with E-state index in [4.69, 9.17) is 10.6 Å². The number of hydrogen-bond acceptors (Lipinski definition) is 5. The molecule has 1 saturated carbocycles. The van der Waals surface area contributed by atoms with Gasteiger partial charge in [0.2, 0.25) is 0 Å². The van der Waals surface area contributed by atoms with Crippen LogP contribution in [0, 0.1) is 5.92 Å². The second-order valence-corrected chi connectivity index (χ2v) is 5.53. The molecule has 0 aromatic carbocycles. The average Bonchev–Trinajstić information content (AvgIpc) is 3.03. The first-order valence-electron chi connectivity index (χ1n) is 6.79. The quantitative estimate of drug-likeness (QED) is 0.552. The first-order valence-corrected chi connectivity index (χ1v) is 6.79. The van der Waals surface area contributed by atoms with Gasteiger partial charge in [0.25, 0.3) is 0 Å². The molecule has 1 saturated heterocycles. The van der Waals surface area contributed by atoms with Gasteiger partial charge in [0, 0.05) is 6.61 Å². The first kappa shape index (κ1) is 12.1. The van der Waals surface area contributed by atoms with Crippen molar-refractivity contribution >= 4 is 0 Å². The maximum absolute atomic E-state index is 6.06. The molecule has 1 aliphatic carbocycles. The molecule has 100 valence electrons. The predicted octanol–water partition coefficient (Wildman–Crippen LogP) is 1.05. The minimum atomic E-state index is 0.0742. The Bertz CT molecular complexity index is 374. The second kappa shape index (κ2) is 4.95. The molecule has 2 aliphatic rings. The number of rotatable bonds is 3. The number of aromatic amines is 1. The molecular weight excluding hydrogens is 230 g/mol. The number of H-pyrrole nitrogens is 1. The van der Waals surface area contributed by atoms with Gasteiger partial charge in [0.15, 0.2) is 0 Å². The van der Waals surface area contributed by atoms with Crippen LogP contribution in [0.4, 0.5) is 0 Å². The third-order valence-corrected chi connectivity index (χ3v) is 4.45. The van der Waals surface area contributed by atoms with E-state index < -0.39 is 0 Å². The topological polar surface area (TPSA) is 88.8 Å². The molecule has 2 unspecified atom stereocenters. The largest absolute Gasteiger partial charge is 0.375 e. The van der Waals surface area contributed by atoms with Gasteiger partial charge >= 0.3 is 0 Å². The van der Waals surface area contributed by atoms with Crippen molar-refractivity contribution in [3.05, 3.63) is 11.9 Å². The summed E-state index contributed by atoms with van der Waals surface area (Å²) in [6.45, 7) is 0.834. The first-order chi connectivity index (χ1) is 8.83. The van der Waals surface area contributed by atoms with Gasteiger partial charge in [-0.15, -0.1) is 0 Å². The van der Waals surface area contributed by atoms with E-state index in [9.17, 15) is 0 Å². The van der Waals surface area contributed by atoms with Crippen LogP contribution in [0.5, 0.6) is 0 Å². The van der Waals surface area contributed by atoms with Crippen molar-refractivity contribution in [3.63, 3.8) is 0 Å². The zero-order valence-corrected chi connectivity index (χ0v) is 10.6. The van der Waals surface area contributed by atoms with E-state index in [1.54, 1.807) is 6.20 Å². The van der Waals surface area contributed by atoms with E-state index in [0.29, 0.717) is 5.92 Å². The monoisotopic (exact) mass is 251 g/mol. The van der Waals surface area contributed by atoms with Gasteiger partial charge in [-0.05, 0) is 31.6 Å². The van der Waals surface area contributed by atoms with Crippen LogP contribution in [0.3, 0.4) is 0 Å². The lowest BCUT2D eigenvalue weighted by atomic mass is 9.80. The maximum Gasteiger partial charge on any atom is 0.101 e. The van der Waals surface area contributed by atoms with Crippen LogP contribution in [-0.2, 0) is 4.74 Å². The van der Waals surface area contributed by atoms with Crippen LogP contribution in [-0.4, -0.2) is 27.6 Å². The fourth-order valence-electron chi connectivity index (χ4n) is 3.54. The SMILES string of the molecule is NNC(c1cn[nH]n1)C1CCOC2(CCCC2)C1. The summed E-state index contributed by atoms with van der Waals surface area (Å²) in [4.78, 5) is 0. The minimum Gasteiger partial charge on any atom is -0.375 e. The molecule has 1 aromatic heterocycles. The molecule has 18 heavy (non-hydrogen) atoms. The van der Waals surface area contributed by atoms with E-state index in [-0.39, 0.29) is 11.6 Å². The number of nitrogens with one attached hydrogen (secondary N) is 2. The zero-order valence-electron chi connectivity index (χ0n) is 10.6. The van der Waals surface area contributed by atoms with Crippen LogP contribution in [0.1, 0.15) is 50.3 Å². The van der Waals surface area contributed by atoms with Gasteiger partial charge in [0.05, 0.1) is 17.8 Å². The summed E-state index contributed by atoms with van der Waals surface area (Å²) in [6, 6.07) is 0.0742. The Hall–Kier alpha value is -0.980. The molecule has 2 atom stereocenters. The van der Waals surface area contributed by atoms with E-state index in [1.165, 1.54) is 25.7 Å². The Kier molecular flexibility index (Phi) is 3.32. The van der Waals surface area contributed by atoms with Crippen LogP contribution >= 0.6 is 0 Å². The number of ether oxygens (including phenoxy) is 1.